The van der Waals surface area contributed by atoms with Gasteiger partial charge in [-0.15, -0.1) is 0 Å². The third-order valence-corrected chi connectivity index (χ3v) is 5.02. The lowest BCUT2D eigenvalue weighted by Gasteiger charge is -2.34. The van der Waals surface area contributed by atoms with E-state index in [1.165, 1.54) is 0 Å². The van der Waals surface area contributed by atoms with Crippen LogP contribution in [-0.4, -0.2) is 52.6 Å². The molecule has 1 aromatic heterocycles. The Labute approximate surface area is 144 Å². The topological polar surface area (TPSA) is 29.2 Å². The molecule has 5 nitrogen and oxygen atoms in total. The van der Waals surface area contributed by atoms with Crippen molar-refractivity contribution in [2.24, 2.45) is 7.05 Å². The molecule has 1 aliphatic heterocycles. The summed E-state index contributed by atoms with van der Waals surface area (Å²) in [4.78, 5) is 2.30. The van der Waals surface area contributed by atoms with Gasteiger partial charge in [-0.25, -0.2) is 9.36 Å². The van der Waals surface area contributed by atoms with E-state index in [4.69, 9.17) is 35.4 Å². The number of aromatic nitrogens is 3. The van der Waals surface area contributed by atoms with Crippen molar-refractivity contribution >= 4 is 35.4 Å². The normalized spacial score (nSPS) is 16.3. The highest BCUT2D eigenvalue weighted by atomic mass is 35.5. The maximum Gasteiger partial charge on any atom is 0.217 e. The molecule has 1 saturated heterocycles. The Balaban J connectivity index is 2.06. The van der Waals surface area contributed by atoms with E-state index < -0.39 is 0 Å². The first kappa shape index (κ1) is 15.8. The molecule has 0 amide bonds. The maximum absolute atomic E-state index is 6.15. The lowest BCUT2D eigenvalue weighted by molar-refractivity contribution is 0.287. The third-order valence-electron chi connectivity index (χ3n) is 3.84. The Bertz CT molecular complexity index is 746. The molecule has 2 heterocycles. The van der Waals surface area contributed by atoms with Crippen molar-refractivity contribution in [3.63, 3.8) is 0 Å². The van der Waals surface area contributed by atoms with E-state index in [1.807, 2.05) is 23.9 Å². The van der Waals surface area contributed by atoms with Crippen molar-refractivity contribution in [3.05, 3.63) is 33.0 Å². The average molecular weight is 358 g/mol. The van der Waals surface area contributed by atoms with Gasteiger partial charge in [-0.3, -0.25) is 0 Å². The molecular formula is C14H17Cl2N5S. The Morgan fingerprint density at radius 3 is 2.36 bits per heavy atom. The highest BCUT2D eigenvalue weighted by molar-refractivity contribution is 7.71. The lowest BCUT2D eigenvalue weighted by atomic mass is 10.2. The molecular weight excluding hydrogens is 341 g/mol. The number of benzene rings is 1. The minimum Gasteiger partial charge on any atom is -0.306 e. The molecule has 0 unspecified atom stereocenters. The number of aryl methyl sites for hydroxylation is 1. The van der Waals surface area contributed by atoms with Crippen LogP contribution in [0.25, 0.3) is 11.4 Å². The first-order valence-corrected chi connectivity index (χ1v) is 8.19. The summed E-state index contributed by atoms with van der Waals surface area (Å²) < 4.78 is 4.39. The Morgan fingerprint density at radius 2 is 1.73 bits per heavy atom. The van der Waals surface area contributed by atoms with Gasteiger partial charge in [-0.1, -0.05) is 23.2 Å². The van der Waals surface area contributed by atoms with E-state index in [0.717, 1.165) is 37.6 Å². The van der Waals surface area contributed by atoms with Gasteiger partial charge < -0.3 is 9.91 Å². The smallest absolute Gasteiger partial charge is 0.217 e. The molecule has 0 saturated carbocycles. The molecule has 0 N–H and O–H groups in total. The van der Waals surface area contributed by atoms with Gasteiger partial charge in [0, 0.05) is 38.8 Å². The second-order valence-electron chi connectivity index (χ2n) is 5.43. The molecule has 0 radical (unpaired) electrons. The average Bonchev–Trinajstić information content (AvgIpc) is 2.79. The molecule has 22 heavy (non-hydrogen) atoms. The largest absolute Gasteiger partial charge is 0.306 e. The maximum atomic E-state index is 6.15. The summed E-state index contributed by atoms with van der Waals surface area (Å²) in [6.07, 6.45) is 0. The SMILES string of the molecule is CN1CCN(n2c(-c3ccc(Cl)c(Cl)c3)nn(C)c2=S)CC1. The molecule has 8 heteroatoms. The lowest BCUT2D eigenvalue weighted by Crippen LogP contribution is -2.50. The van der Waals surface area contributed by atoms with Gasteiger partial charge in [-0.2, -0.15) is 5.10 Å². The Hall–Kier alpha value is -1.08. The van der Waals surface area contributed by atoms with Crippen LogP contribution in [0.15, 0.2) is 18.2 Å². The van der Waals surface area contributed by atoms with E-state index in [1.54, 1.807) is 10.7 Å². The summed E-state index contributed by atoms with van der Waals surface area (Å²) in [7, 11) is 3.98. The standard InChI is InChI=1S/C14H17Cl2N5S/c1-18-5-7-20(8-6-18)21-13(17-19(2)14(21)22)10-3-4-11(15)12(16)9-10/h3-4,9H,5-8H2,1-2H3. The van der Waals surface area contributed by atoms with Crippen LogP contribution in [0.4, 0.5) is 0 Å². The number of nitrogens with zero attached hydrogens (tertiary/aromatic N) is 5. The second kappa shape index (κ2) is 6.20. The van der Waals surface area contributed by atoms with Crippen molar-refractivity contribution in [1.29, 1.82) is 0 Å². The molecule has 0 spiro atoms. The first-order chi connectivity index (χ1) is 10.5. The van der Waals surface area contributed by atoms with Crippen molar-refractivity contribution in [1.82, 2.24) is 19.4 Å². The number of hydrogen-bond donors (Lipinski definition) is 0. The fourth-order valence-electron chi connectivity index (χ4n) is 2.52. The Morgan fingerprint density at radius 1 is 1.05 bits per heavy atom. The molecule has 1 fully saturated rings. The van der Waals surface area contributed by atoms with Crippen molar-refractivity contribution in [3.8, 4) is 11.4 Å². The van der Waals surface area contributed by atoms with Crippen molar-refractivity contribution < 1.29 is 0 Å². The molecule has 0 atom stereocenters. The first-order valence-electron chi connectivity index (χ1n) is 7.02. The molecule has 2 aromatic rings. The minimum atomic E-state index is 0.515. The van der Waals surface area contributed by atoms with Gasteiger partial charge in [-0.05, 0) is 37.5 Å². The summed E-state index contributed by atoms with van der Waals surface area (Å²) in [6, 6.07) is 5.52. The number of likely N-dealkylation sites (N-methyl/N-ethyl adjacent to an activating group) is 1. The number of rotatable bonds is 2. The molecule has 118 valence electrons. The predicted molar refractivity (Wildman–Crippen MR) is 92.9 cm³/mol. The highest BCUT2D eigenvalue weighted by Crippen LogP contribution is 2.28. The van der Waals surface area contributed by atoms with Gasteiger partial charge in [0.25, 0.3) is 0 Å². The van der Waals surface area contributed by atoms with Crippen molar-refractivity contribution in [2.75, 3.05) is 38.2 Å². The zero-order valence-corrected chi connectivity index (χ0v) is 14.8. The van der Waals surface area contributed by atoms with Crippen LogP contribution < -0.4 is 5.01 Å². The van der Waals surface area contributed by atoms with E-state index in [9.17, 15) is 0 Å². The molecule has 0 bridgehead atoms. The number of halogens is 2. The molecule has 1 aromatic carbocycles. The van der Waals surface area contributed by atoms with Gasteiger partial charge in [0.2, 0.25) is 4.77 Å². The van der Waals surface area contributed by atoms with Crippen LogP contribution in [-0.2, 0) is 7.05 Å². The van der Waals surface area contributed by atoms with Crippen LogP contribution in [0.3, 0.4) is 0 Å². The second-order valence-corrected chi connectivity index (χ2v) is 6.61. The summed E-state index contributed by atoms with van der Waals surface area (Å²) in [6.45, 7) is 3.81. The van der Waals surface area contributed by atoms with Gasteiger partial charge in [0.1, 0.15) is 0 Å². The van der Waals surface area contributed by atoms with Crippen molar-refractivity contribution in [2.45, 2.75) is 0 Å². The van der Waals surface area contributed by atoms with Crippen LogP contribution in [0, 0.1) is 4.77 Å². The quantitative estimate of drug-likeness (QED) is 0.772. The molecule has 3 rings (SSSR count). The number of hydrogen-bond acceptors (Lipinski definition) is 4. The highest BCUT2D eigenvalue weighted by Gasteiger charge is 2.21. The van der Waals surface area contributed by atoms with Gasteiger partial charge in [0.15, 0.2) is 5.82 Å². The Kier molecular flexibility index (Phi) is 4.45. The van der Waals surface area contributed by atoms with Crippen LogP contribution in [0.1, 0.15) is 0 Å². The predicted octanol–water partition coefficient (Wildman–Crippen LogP) is 2.81. The fourth-order valence-corrected chi connectivity index (χ4v) is 3.06. The summed E-state index contributed by atoms with van der Waals surface area (Å²) >= 11 is 17.7. The van der Waals surface area contributed by atoms with Crippen LogP contribution in [0.5, 0.6) is 0 Å². The summed E-state index contributed by atoms with van der Waals surface area (Å²) in [5.41, 5.74) is 0.903. The number of piperazine rings is 1. The van der Waals surface area contributed by atoms with Gasteiger partial charge >= 0.3 is 0 Å². The zero-order valence-electron chi connectivity index (χ0n) is 12.5. The van der Waals surface area contributed by atoms with Crippen LogP contribution >= 0.6 is 35.4 Å². The monoisotopic (exact) mass is 357 g/mol. The zero-order chi connectivity index (χ0) is 15.9. The summed E-state index contributed by atoms with van der Waals surface area (Å²) in [5, 5.41) is 7.84. The van der Waals surface area contributed by atoms with E-state index in [2.05, 4.69) is 22.1 Å². The van der Waals surface area contributed by atoms with E-state index >= 15 is 0 Å². The van der Waals surface area contributed by atoms with Gasteiger partial charge in [0.05, 0.1) is 10.0 Å². The van der Waals surface area contributed by atoms with Crippen LogP contribution in [0.2, 0.25) is 10.0 Å². The summed E-state index contributed by atoms with van der Waals surface area (Å²) in [5.74, 6) is 0.788. The third kappa shape index (κ3) is 2.88. The fraction of sp³-hybridized carbons (Fsp3) is 0.429. The minimum absolute atomic E-state index is 0.515. The molecule has 0 aliphatic carbocycles. The van der Waals surface area contributed by atoms with E-state index in [-0.39, 0.29) is 0 Å². The molecule has 1 aliphatic rings. The van der Waals surface area contributed by atoms with E-state index in [0.29, 0.717) is 14.8 Å².